The van der Waals surface area contributed by atoms with Crippen molar-refractivity contribution in [3.63, 3.8) is 0 Å². The molecule has 3 aromatic rings. The quantitative estimate of drug-likeness (QED) is 0.443. The molecule has 0 aliphatic carbocycles. The van der Waals surface area contributed by atoms with Gasteiger partial charge in [-0.2, -0.15) is 5.10 Å². The zero-order chi connectivity index (χ0) is 15.4. The van der Waals surface area contributed by atoms with Gasteiger partial charge < -0.3 is 5.43 Å². The number of pyridine rings is 1. The molecule has 0 amide bonds. The molecule has 0 saturated heterocycles. The minimum absolute atomic E-state index is 0.461. The maximum Gasteiger partial charge on any atom is 0.138 e. The molecular formula is C18H16ClN3. The van der Waals surface area contributed by atoms with Crippen LogP contribution in [0.4, 0.5) is 0 Å². The van der Waals surface area contributed by atoms with Gasteiger partial charge in [0, 0.05) is 10.9 Å². The number of hydrogen-bond donors (Lipinski definition) is 1. The van der Waals surface area contributed by atoms with Crippen LogP contribution in [0.2, 0.25) is 5.15 Å². The highest BCUT2D eigenvalue weighted by molar-refractivity contribution is 6.32. The fourth-order valence-electron chi connectivity index (χ4n) is 2.21. The van der Waals surface area contributed by atoms with Gasteiger partial charge in [-0.3, -0.25) is 0 Å². The van der Waals surface area contributed by atoms with E-state index in [1.807, 2.05) is 43.3 Å². The van der Waals surface area contributed by atoms with E-state index in [4.69, 9.17) is 11.6 Å². The van der Waals surface area contributed by atoms with Crippen molar-refractivity contribution in [2.45, 2.75) is 13.5 Å². The monoisotopic (exact) mass is 309 g/mol. The summed E-state index contributed by atoms with van der Waals surface area (Å²) in [6.45, 7) is 2.72. The molecule has 1 aromatic heterocycles. The number of rotatable bonds is 4. The van der Waals surface area contributed by atoms with Crippen LogP contribution in [0, 0.1) is 6.92 Å². The summed E-state index contributed by atoms with van der Waals surface area (Å²) in [6.07, 6.45) is 1.71. The standard InChI is InChI=1S/C18H16ClN3/c1-13-7-8-15-10-16(18(19)22-17(15)9-13)12-21-20-11-14-5-3-2-4-6-14/h2-10,12,20H,11H2,1H3. The van der Waals surface area contributed by atoms with Crippen molar-refractivity contribution < 1.29 is 0 Å². The Labute approximate surface area is 134 Å². The van der Waals surface area contributed by atoms with E-state index in [1.165, 1.54) is 11.1 Å². The number of hydrazone groups is 1. The molecule has 1 heterocycles. The Morgan fingerprint density at radius 2 is 1.95 bits per heavy atom. The van der Waals surface area contributed by atoms with Crippen molar-refractivity contribution >= 4 is 28.7 Å². The van der Waals surface area contributed by atoms with E-state index < -0.39 is 0 Å². The van der Waals surface area contributed by atoms with Gasteiger partial charge in [-0.15, -0.1) is 0 Å². The van der Waals surface area contributed by atoms with Gasteiger partial charge in [-0.25, -0.2) is 4.98 Å². The van der Waals surface area contributed by atoms with Crippen molar-refractivity contribution in [3.05, 3.63) is 76.4 Å². The zero-order valence-corrected chi connectivity index (χ0v) is 13.0. The van der Waals surface area contributed by atoms with Crippen LogP contribution in [0.3, 0.4) is 0 Å². The lowest BCUT2D eigenvalue weighted by atomic mass is 10.1. The molecule has 1 N–H and O–H groups in total. The van der Waals surface area contributed by atoms with Gasteiger partial charge in [0.15, 0.2) is 0 Å². The van der Waals surface area contributed by atoms with Crippen LogP contribution in [0.5, 0.6) is 0 Å². The smallest absolute Gasteiger partial charge is 0.138 e. The fourth-order valence-corrected chi connectivity index (χ4v) is 2.40. The normalized spacial score (nSPS) is 11.2. The second-order valence-corrected chi connectivity index (χ2v) is 5.50. The molecule has 3 nitrogen and oxygen atoms in total. The Morgan fingerprint density at radius 3 is 2.77 bits per heavy atom. The number of nitrogens with zero attached hydrogens (tertiary/aromatic N) is 2. The highest BCUT2D eigenvalue weighted by Crippen LogP contribution is 2.20. The first-order valence-corrected chi connectivity index (χ1v) is 7.47. The molecule has 0 radical (unpaired) electrons. The molecule has 0 aliphatic rings. The third-order valence-corrected chi connectivity index (χ3v) is 3.68. The molecule has 110 valence electrons. The SMILES string of the molecule is Cc1ccc2cc(C=NNCc3ccccc3)c(Cl)nc2c1. The van der Waals surface area contributed by atoms with E-state index in [9.17, 15) is 0 Å². The summed E-state index contributed by atoms with van der Waals surface area (Å²) in [4.78, 5) is 4.42. The number of halogens is 1. The fraction of sp³-hybridized carbons (Fsp3) is 0.111. The molecule has 0 bridgehead atoms. The van der Waals surface area contributed by atoms with Crippen molar-refractivity contribution in [1.29, 1.82) is 0 Å². The van der Waals surface area contributed by atoms with E-state index in [0.29, 0.717) is 11.7 Å². The third kappa shape index (κ3) is 3.43. The van der Waals surface area contributed by atoms with Crippen LogP contribution in [0.15, 0.2) is 59.7 Å². The second-order valence-electron chi connectivity index (χ2n) is 5.14. The molecule has 0 unspecified atom stereocenters. The number of benzene rings is 2. The first kappa shape index (κ1) is 14.5. The molecule has 0 saturated carbocycles. The molecule has 0 aliphatic heterocycles. The first-order chi connectivity index (χ1) is 10.7. The highest BCUT2D eigenvalue weighted by Gasteiger charge is 2.03. The Kier molecular flexibility index (Phi) is 4.35. The minimum Gasteiger partial charge on any atom is -0.306 e. The van der Waals surface area contributed by atoms with E-state index in [0.717, 1.165) is 16.5 Å². The summed E-state index contributed by atoms with van der Waals surface area (Å²) in [5.41, 5.74) is 7.07. The van der Waals surface area contributed by atoms with Crippen LogP contribution in [-0.2, 0) is 6.54 Å². The maximum absolute atomic E-state index is 6.22. The lowest BCUT2D eigenvalue weighted by molar-refractivity contribution is 0.748. The summed E-state index contributed by atoms with van der Waals surface area (Å²) in [5.74, 6) is 0. The van der Waals surface area contributed by atoms with Crippen molar-refractivity contribution in [2.75, 3.05) is 0 Å². The Bertz CT molecular complexity index is 813. The Hall–Kier alpha value is -2.39. The van der Waals surface area contributed by atoms with Gasteiger partial charge in [0.25, 0.3) is 0 Å². The van der Waals surface area contributed by atoms with Crippen LogP contribution in [-0.4, -0.2) is 11.2 Å². The molecule has 2 aromatic carbocycles. The summed E-state index contributed by atoms with van der Waals surface area (Å²) >= 11 is 6.22. The average Bonchev–Trinajstić information content (AvgIpc) is 2.53. The van der Waals surface area contributed by atoms with Crippen LogP contribution in [0.1, 0.15) is 16.7 Å². The lowest BCUT2D eigenvalue weighted by Crippen LogP contribution is -2.05. The van der Waals surface area contributed by atoms with Gasteiger partial charge in [0.1, 0.15) is 5.15 Å². The van der Waals surface area contributed by atoms with Crippen LogP contribution in [0.25, 0.3) is 10.9 Å². The summed E-state index contributed by atoms with van der Waals surface area (Å²) in [5, 5.41) is 5.74. The summed E-state index contributed by atoms with van der Waals surface area (Å²) in [7, 11) is 0. The number of hydrogen-bond acceptors (Lipinski definition) is 3. The first-order valence-electron chi connectivity index (χ1n) is 7.09. The Morgan fingerprint density at radius 1 is 1.14 bits per heavy atom. The van der Waals surface area contributed by atoms with E-state index in [-0.39, 0.29) is 0 Å². The maximum atomic E-state index is 6.22. The van der Waals surface area contributed by atoms with Gasteiger partial charge in [-0.05, 0) is 30.2 Å². The van der Waals surface area contributed by atoms with Gasteiger partial charge in [0.05, 0.1) is 18.3 Å². The van der Waals surface area contributed by atoms with E-state index in [2.05, 4.69) is 33.7 Å². The topological polar surface area (TPSA) is 37.3 Å². The third-order valence-electron chi connectivity index (χ3n) is 3.37. The predicted octanol–water partition coefficient (Wildman–Crippen LogP) is 4.32. The number of aryl methyl sites for hydroxylation is 1. The highest BCUT2D eigenvalue weighted by atomic mass is 35.5. The second kappa shape index (κ2) is 6.58. The zero-order valence-electron chi connectivity index (χ0n) is 12.3. The largest absolute Gasteiger partial charge is 0.306 e. The molecular weight excluding hydrogens is 294 g/mol. The molecule has 0 fully saturated rings. The van der Waals surface area contributed by atoms with Crippen LogP contribution >= 0.6 is 11.6 Å². The van der Waals surface area contributed by atoms with Crippen molar-refractivity contribution in [2.24, 2.45) is 5.10 Å². The van der Waals surface area contributed by atoms with E-state index >= 15 is 0 Å². The molecule has 0 spiro atoms. The molecule has 4 heteroatoms. The average molecular weight is 310 g/mol. The van der Waals surface area contributed by atoms with Gasteiger partial charge >= 0.3 is 0 Å². The molecule has 3 rings (SSSR count). The van der Waals surface area contributed by atoms with Gasteiger partial charge in [0.2, 0.25) is 0 Å². The molecule has 22 heavy (non-hydrogen) atoms. The summed E-state index contributed by atoms with van der Waals surface area (Å²) < 4.78 is 0. The lowest BCUT2D eigenvalue weighted by Gasteiger charge is -2.04. The predicted molar refractivity (Wildman–Crippen MR) is 92.4 cm³/mol. The van der Waals surface area contributed by atoms with Crippen molar-refractivity contribution in [1.82, 2.24) is 10.4 Å². The minimum atomic E-state index is 0.461. The number of aromatic nitrogens is 1. The van der Waals surface area contributed by atoms with Crippen LogP contribution < -0.4 is 5.43 Å². The number of nitrogens with one attached hydrogen (secondary N) is 1. The molecule has 0 atom stereocenters. The number of fused-ring (bicyclic) bond motifs is 1. The van der Waals surface area contributed by atoms with Crippen molar-refractivity contribution in [3.8, 4) is 0 Å². The van der Waals surface area contributed by atoms with Gasteiger partial charge in [-0.1, -0.05) is 54.1 Å². The summed E-state index contributed by atoms with van der Waals surface area (Å²) in [6, 6.07) is 18.2. The van der Waals surface area contributed by atoms with E-state index in [1.54, 1.807) is 6.21 Å². The Balaban J connectivity index is 1.74.